The molecule has 290 valence electrons. The average Bonchev–Trinajstić information content (AvgIpc) is 3.52. The van der Waals surface area contributed by atoms with Crippen LogP contribution in [-0.2, 0) is 9.47 Å². The van der Waals surface area contributed by atoms with Gasteiger partial charge in [0, 0.05) is 22.0 Å². The summed E-state index contributed by atoms with van der Waals surface area (Å²) < 4.78 is 12.3. The van der Waals surface area contributed by atoms with Gasteiger partial charge in [-0.3, -0.25) is 0 Å². The molecule has 56 heavy (non-hydrogen) atoms. The van der Waals surface area contributed by atoms with E-state index in [-0.39, 0.29) is 121 Å². The number of esters is 2. The van der Waals surface area contributed by atoms with Gasteiger partial charge in [0.05, 0.1) is 29.7 Å². The number of rotatable bonds is 8. The van der Waals surface area contributed by atoms with E-state index in [0.717, 1.165) is 64.2 Å². The fourth-order valence-corrected chi connectivity index (χ4v) is 13.9. The SMILES string of the molecule is C=C(C)C1CCC2(COC(=O)c3ccccc3C(=O)[O-])CC[C@]3(C)C(CCC4C5(C)CCC(OC(=O)c6ccccc6C(=O)[O-])C(C)(C)C5CC[C@]43C)C12.[Na+].[Na+]. The number of carbonyl (C=O) groups is 4. The zero-order chi connectivity index (χ0) is 39.0. The number of fused-ring (bicyclic) bond motifs is 7. The largest absolute Gasteiger partial charge is 1.00 e. The van der Waals surface area contributed by atoms with Crippen LogP contribution in [0.3, 0.4) is 0 Å². The monoisotopic (exact) mass is 782 g/mol. The minimum absolute atomic E-state index is 0. The zero-order valence-electron chi connectivity index (χ0n) is 34.8. The Morgan fingerprint density at radius 2 is 1.25 bits per heavy atom. The number of carboxylic acid groups (broad SMARTS) is 2. The molecule has 0 N–H and O–H groups in total. The molecule has 0 aromatic heterocycles. The number of allylic oxidation sites excluding steroid dienone is 1. The first-order chi connectivity index (χ1) is 25.4. The summed E-state index contributed by atoms with van der Waals surface area (Å²) >= 11 is 0. The van der Waals surface area contributed by atoms with Gasteiger partial charge in [0.15, 0.2) is 0 Å². The Morgan fingerprint density at radius 3 is 1.82 bits per heavy atom. The van der Waals surface area contributed by atoms with Gasteiger partial charge in [-0.15, -0.1) is 0 Å². The molecular formula is C46H56Na2O8. The molecule has 2 aromatic rings. The van der Waals surface area contributed by atoms with Gasteiger partial charge in [-0.25, -0.2) is 9.59 Å². The van der Waals surface area contributed by atoms with Gasteiger partial charge in [-0.2, -0.15) is 0 Å². The summed E-state index contributed by atoms with van der Waals surface area (Å²) in [6, 6.07) is 12.2. The molecule has 0 amide bonds. The van der Waals surface area contributed by atoms with Gasteiger partial charge < -0.3 is 29.3 Å². The van der Waals surface area contributed by atoms with Crippen molar-refractivity contribution in [3.05, 3.63) is 82.9 Å². The van der Waals surface area contributed by atoms with Crippen molar-refractivity contribution < 1.29 is 98.0 Å². The smallest absolute Gasteiger partial charge is 0.545 e. The average molecular weight is 783 g/mol. The Kier molecular flexibility index (Phi) is 13.1. The van der Waals surface area contributed by atoms with E-state index < -0.39 is 23.9 Å². The standard InChI is InChI=1S/C46H58O8.2Na/c1-27(2)28-18-23-46(26-53-40(51)31-14-10-8-12-29(31)38(47)48)25-24-44(6)33(37(28)46)16-17-35-43(5)21-20-36(42(3,4)34(43)19-22-45(35,44)7)54-41(52)32-15-11-9-13-30(32)39(49)50;;/h8-15,28,33-37H,1,16-26H2,2-7H3,(H,47,48)(H,49,50);;/q;2*+1/p-2/t28?,33?,34?,35?,36?,37?,43?,44-,45-,46?;;/m1../s1. The quantitative estimate of drug-likeness (QED) is 0.224. The second kappa shape index (κ2) is 16.3. The number of carboxylic acids is 2. The molecule has 10 heteroatoms. The Hall–Kier alpha value is -1.94. The van der Waals surface area contributed by atoms with Gasteiger partial charge in [0.2, 0.25) is 0 Å². The van der Waals surface area contributed by atoms with Crippen LogP contribution in [0.5, 0.6) is 0 Å². The van der Waals surface area contributed by atoms with E-state index in [2.05, 4.69) is 48.1 Å². The number of benzene rings is 2. The van der Waals surface area contributed by atoms with Crippen LogP contribution in [0.1, 0.15) is 147 Å². The normalized spacial score (nSPS) is 36.4. The predicted octanol–water partition coefficient (Wildman–Crippen LogP) is 1.46. The molecule has 5 aliphatic rings. The molecule has 7 rings (SSSR count). The molecule has 5 fully saturated rings. The number of aromatic carboxylic acids is 2. The third-order valence-corrected chi connectivity index (χ3v) is 16.7. The predicted molar refractivity (Wildman–Crippen MR) is 200 cm³/mol. The van der Waals surface area contributed by atoms with Crippen LogP contribution in [0, 0.1) is 56.7 Å². The molecule has 0 heterocycles. The summed E-state index contributed by atoms with van der Waals surface area (Å²) in [5, 5.41) is 23.6. The molecule has 5 aliphatic carbocycles. The molecule has 5 saturated carbocycles. The maximum Gasteiger partial charge on any atom is 1.00 e. The van der Waals surface area contributed by atoms with E-state index in [9.17, 15) is 29.4 Å². The van der Waals surface area contributed by atoms with Crippen LogP contribution in [0.4, 0.5) is 0 Å². The third-order valence-electron chi connectivity index (χ3n) is 16.7. The van der Waals surface area contributed by atoms with Gasteiger partial charge >= 0.3 is 71.1 Å². The molecule has 8 nitrogen and oxygen atoms in total. The fraction of sp³-hybridized carbons (Fsp3) is 0.609. The van der Waals surface area contributed by atoms with Gasteiger partial charge in [-0.1, -0.05) is 83.2 Å². The molecular weight excluding hydrogens is 726 g/mol. The van der Waals surface area contributed by atoms with Gasteiger partial charge in [0.25, 0.3) is 0 Å². The topological polar surface area (TPSA) is 133 Å². The van der Waals surface area contributed by atoms with E-state index in [1.165, 1.54) is 29.8 Å². The van der Waals surface area contributed by atoms with Crippen LogP contribution in [-0.4, -0.2) is 36.6 Å². The number of hydrogen-bond donors (Lipinski definition) is 0. The van der Waals surface area contributed by atoms with E-state index >= 15 is 0 Å². The molecule has 0 spiro atoms. The Labute approximate surface area is 376 Å². The Bertz CT molecular complexity index is 1890. The van der Waals surface area contributed by atoms with Crippen LogP contribution in [0.2, 0.25) is 0 Å². The van der Waals surface area contributed by atoms with Gasteiger partial charge in [-0.05, 0) is 129 Å². The summed E-state index contributed by atoms with van der Waals surface area (Å²) in [5.41, 5.74) is 0.644. The van der Waals surface area contributed by atoms with Crippen molar-refractivity contribution in [1.29, 1.82) is 0 Å². The molecule has 0 radical (unpaired) electrons. The summed E-state index contributed by atoms with van der Waals surface area (Å²) in [4.78, 5) is 50.5. The van der Waals surface area contributed by atoms with Crippen LogP contribution in [0.15, 0.2) is 60.7 Å². The molecule has 10 atom stereocenters. The summed E-state index contributed by atoms with van der Waals surface area (Å²) in [6.45, 7) is 19.0. The third kappa shape index (κ3) is 7.02. The van der Waals surface area contributed by atoms with Crippen molar-refractivity contribution in [3.63, 3.8) is 0 Å². The molecule has 8 unspecified atom stereocenters. The van der Waals surface area contributed by atoms with Crippen molar-refractivity contribution in [2.24, 2.45) is 56.7 Å². The summed E-state index contributed by atoms with van der Waals surface area (Å²) in [5.74, 6) is -2.10. The molecule has 0 aliphatic heterocycles. The van der Waals surface area contributed by atoms with E-state index in [1.807, 2.05) is 0 Å². The Morgan fingerprint density at radius 1 is 0.679 bits per heavy atom. The van der Waals surface area contributed by atoms with E-state index in [1.54, 1.807) is 24.3 Å². The van der Waals surface area contributed by atoms with Crippen molar-refractivity contribution in [2.45, 2.75) is 112 Å². The van der Waals surface area contributed by atoms with Crippen LogP contribution in [0.25, 0.3) is 0 Å². The van der Waals surface area contributed by atoms with E-state index in [4.69, 9.17) is 9.47 Å². The number of carbonyl (C=O) groups excluding carboxylic acids is 4. The minimum atomic E-state index is -1.39. The van der Waals surface area contributed by atoms with E-state index in [0.29, 0.717) is 29.6 Å². The summed E-state index contributed by atoms with van der Waals surface area (Å²) in [6.07, 6.45) is 9.60. The maximum atomic E-state index is 13.5. The number of hydrogen-bond acceptors (Lipinski definition) is 8. The first-order valence-corrected chi connectivity index (χ1v) is 20.1. The summed E-state index contributed by atoms with van der Waals surface area (Å²) in [7, 11) is 0. The fourth-order valence-electron chi connectivity index (χ4n) is 13.9. The molecule has 0 bridgehead atoms. The van der Waals surface area contributed by atoms with Gasteiger partial charge in [0.1, 0.15) is 6.10 Å². The van der Waals surface area contributed by atoms with Crippen LogP contribution >= 0.6 is 0 Å². The zero-order valence-corrected chi connectivity index (χ0v) is 38.8. The Balaban J connectivity index is 0.00000300. The molecule has 2 aromatic carbocycles. The number of ether oxygens (including phenoxy) is 2. The van der Waals surface area contributed by atoms with Crippen molar-refractivity contribution in [3.8, 4) is 0 Å². The first-order valence-electron chi connectivity index (χ1n) is 20.1. The second-order valence-electron chi connectivity index (χ2n) is 19.0. The minimum Gasteiger partial charge on any atom is -0.545 e. The van der Waals surface area contributed by atoms with Crippen molar-refractivity contribution in [2.75, 3.05) is 6.61 Å². The van der Waals surface area contributed by atoms with Crippen molar-refractivity contribution >= 4 is 23.9 Å². The van der Waals surface area contributed by atoms with Crippen molar-refractivity contribution in [1.82, 2.24) is 0 Å². The molecule has 0 saturated heterocycles. The van der Waals surface area contributed by atoms with Crippen LogP contribution < -0.4 is 69.3 Å². The second-order valence-corrected chi connectivity index (χ2v) is 19.0. The first kappa shape index (κ1) is 45.1. The maximum absolute atomic E-state index is 13.5.